The van der Waals surface area contributed by atoms with E-state index in [4.69, 9.17) is 4.74 Å². The van der Waals surface area contributed by atoms with Gasteiger partial charge in [-0.05, 0) is 61.2 Å². The third-order valence-electron chi connectivity index (χ3n) is 3.37. The highest BCUT2D eigenvalue weighted by atomic mass is 16.5. The van der Waals surface area contributed by atoms with E-state index in [2.05, 4.69) is 19.9 Å². The summed E-state index contributed by atoms with van der Waals surface area (Å²) in [7, 11) is 0. The van der Waals surface area contributed by atoms with Crippen LogP contribution in [0.15, 0.2) is 42.5 Å². The van der Waals surface area contributed by atoms with E-state index in [1.807, 2.05) is 43.3 Å². The summed E-state index contributed by atoms with van der Waals surface area (Å²) in [5, 5.41) is 9.74. The highest BCUT2D eigenvalue weighted by Gasteiger charge is 2.05. The van der Waals surface area contributed by atoms with E-state index in [9.17, 15) is 5.11 Å². The van der Waals surface area contributed by atoms with Crippen molar-refractivity contribution in [3.63, 3.8) is 0 Å². The molecule has 19 heavy (non-hydrogen) atoms. The van der Waals surface area contributed by atoms with Gasteiger partial charge < -0.3 is 9.84 Å². The van der Waals surface area contributed by atoms with Crippen molar-refractivity contribution in [2.75, 3.05) is 0 Å². The zero-order valence-corrected chi connectivity index (χ0v) is 11.7. The molecule has 0 amide bonds. The van der Waals surface area contributed by atoms with Gasteiger partial charge in [-0.2, -0.15) is 0 Å². The lowest BCUT2D eigenvalue weighted by Crippen LogP contribution is -1.94. The summed E-state index contributed by atoms with van der Waals surface area (Å²) in [6, 6.07) is 13.7. The smallest absolute Gasteiger partial charge is 0.127 e. The maximum Gasteiger partial charge on any atom is 0.127 e. The molecular formula is C17H20O2. The van der Waals surface area contributed by atoms with Crippen molar-refractivity contribution in [3.8, 4) is 11.5 Å². The second-order valence-corrected chi connectivity index (χ2v) is 4.84. The molecule has 100 valence electrons. The van der Waals surface area contributed by atoms with E-state index < -0.39 is 6.10 Å². The SMILES string of the molecule is CC[C@H](O)c1ccc(Oc2ccc(C)c(C)c2)cc1. The Hall–Kier alpha value is -1.80. The summed E-state index contributed by atoms with van der Waals surface area (Å²) in [6.07, 6.45) is 0.327. The van der Waals surface area contributed by atoms with Gasteiger partial charge in [0.15, 0.2) is 0 Å². The number of rotatable bonds is 4. The monoisotopic (exact) mass is 256 g/mol. The summed E-state index contributed by atoms with van der Waals surface area (Å²) >= 11 is 0. The van der Waals surface area contributed by atoms with Gasteiger partial charge in [0.25, 0.3) is 0 Å². The number of ether oxygens (including phenoxy) is 1. The Morgan fingerprint density at radius 3 is 2.16 bits per heavy atom. The van der Waals surface area contributed by atoms with Crippen LogP contribution in [0.1, 0.15) is 36.1 Å². The summed E-state index contributed by atoms with van der Waals surface area (Å²) in [5.41, 5.74) is 3.40. The van der Waals surface area contributed by atoms with E-state index in [0.29, 0.717) is 0 Å². The molecule has 0 aliphatic rings. The molecule has 2 rings (SSSR count). The highest BCUT2D eigenvalue weighted by molar-refractivity contribution is 5.38. The van der Waals surface area contributed by atoms with Crippen LogP contribution >= 0.6 is 0 Å². The van der Waals surface area contributed by atoms with Crippen LogP contribution in [-0.4, -0.2) is 5.11 Å². The van der Waals surface area contributed by atoms with Crippen molar-refractivity contribution in [1.29, 1.82) is 0 Å². The fourth-order valence-electron chi connectivity index (χ4n) is 1.91. The van der Waals surface area contributed by atoms with Crippen LogP contribution in [0.4, 0.5) is 0 Å². The van der Waals surface area contributed by atoms with Crippen LogP contribution in [0, 0.1) is 13.8 Å². The fraction of sp³-hybridized carbons (Fsp3) is 0.294. The van der Waals surface area contributed by atoms with Crippen molar-refractivity contribution in [2.45, 2.75) is 33.3 Å². The van der Waals surface area contributed by atoms with Gasteiger partial charge in [0.2, 0.25) is 0 Å². The Kier molecular flexibility index (Phi) is 4.23. The first-order valence-electron chi connectivity index (χ1n) is 6.63. The van der Waals surface area contributed by atoms with Gasteiger partial charge >= 0.3 is 0 Å². The molecular weight excluding hydrogens is 236 g/mol. The highest BCUT2D eigenvalue weighted by Crippen LogP contribution is 2.25. The van der Waals surface area contributed by atoms with E-state index in [0.717, 1.165) is 23.5 Å². The standard InChI is InChI=1S/C17H20O2/c1-4-17(18)14-6-9-15(10-7-14)19-16-8-5-12(2)13(3)11-16/h5-11,17-18H,4H2,1-3H3/t17-/m0/s1. The number of aryl methyl sites for hydroxylation is 2. The largest absolute Gasteiger partial charge is 0.457 e. The van der Waals surface area contributed by atoms with Crippen molar-refractivity contribution < 1.29 is 9.84 Å². The van der Waals surface area contributed by atoms with Crippen LogP contribution < -0.4 is 4.74 Å². The first kappa shape index (κ1) is 13.6. The van der Waals surface area contributed by atoms with Gasteiger partial charge in [0.05, 0.1) is 6.10 Å². The topological polar surface area (TPSA) is 29.5 Å². The Morgan fingerprint density at radius 2 is 1.58 bits per heavy atom. The number of aliphatic hydroxyl groups excluding tert-OH is 1. The van der Waals surface area contributed by atoms with Gasteiger partial charge in [-0.3, -0.25) is 0 Å². The second-order valence-electron chi connectivity index (χ2n) is 4.84. The van der Waals surface area contributed by atoms with Crippen LogP contribution in [0.25, 0.3) is 0 Å². The average Bonchev–Trinajstić information content (AvgIpc) is 2.43. The minimum absolute atomic E-state index is 0.393. The molecule has 0 aliphatic carbocycles. The molecule has 0 saturated carbocycles. The van der Waals surface area contributed by atoms with Gasteiger partial charge in [0.1, 0.15) is 11.5 Å². The maximum absolute atomic E-state index is 9.74. The number of hydrogen-bond donors (Lipinski definition) is 1. The molecule has 0 unspecified atom stereocenters. The molecule has 0 saturated heterocycles. The lowest BCUT2D eigenvalue weighted by atomic mass is 10.1. The molecule has 0 heterocycles. The van der Waals surface area contributed by atoms with E-state index in [1.54, 1.807) is 0 Å². The Morgan fingerprint density at radius 1 is 0.947 bits per heavy atom. The van der Waals surface area contributed by atoms with Crippen LogP contribution in [0.5, 0.6) is 11.5 Å². The lowest BCUT2D eigenvalue weighted by Gasteiger charge is -2.11. The number of benzene rings is 2. The normalized spacial score (nSPS) is 12.2. The van der Waals surface area contributed by atoms with Crippen LogP contribution in [0.3, 0.4) is 0 Å². The zero-order valence-electron chi connectivity index (χ0n) is 11.7. The molecule has 0 aromatic heterocycles. The first-order chi connectivity index (χ1) is 9.10. The predicted molar refractivity (Wildman–Crippen MR) is 77.7 cm³/mol. The number of aliphatic hydroxyl groups is 1. The van der Waals surface area contributed by atoms with Crippen LogP contribution in [-0.2, 0) is 0 Å². The molecule has 0 spiro atoms. The first-order valence-corrected chi connectivity index (χ1v) is 6.63. The van der Waals surface area contributed by atoms with Crippen molar-refractivity contribution in [1.82, 2.24) is 0 Å². The van der Waals surface area contributed by atoms with Gasteiger partial charge in [0, 0.05) is 0 Å². The van der Waals surface area contributed by atoms with Crippen LogP contribution in [0.2, 0.25) is 0 Å². The van der Waals surface area contributed by atoms with E-state index >= 15 is 0 Å². The molecule has 1 N–H and O–H groups in total. The van der Waals surface area contributed by atoms with Gasteiger partial charge in [-0.25, -0.2) is 0 Å². The van der Waals surface area contributed by atoms with Crippen molar-refractivity contribution >= 4 is 0 Å². The lowest BCUT2D eigenvalue weighted by molar-refractivity contribution is 0.173. The molecule has 0 radical (unpaired) electrons. The maximum atomic E-state index is 9.74. The predicted octanol–water partition coefficient (Wildman–Crippen LogP) is 4.54. The summed E-state index contributed by atoms with van der Waals surface area (Å²) < 4.78 is 5.80. The van der Waals surface area contributed by atoms with E-state index in [-0.39, 0.29) is 0 Å². The molecule has 0 bridgehead atoms. The molecule has 0 aliphatic heterocycles. The van der Waals surface area contributed by atoms with E-state index in [1.165, 1.54) is 11.1 Å². The Labute approximate surface area is 114 Å². The molecule has 2 aromatic rings. The summed E-state index contributed by atoms with van der Waals surface area (Å²) in [6.45, 7) is 6.12. The Bertz CT molecular complexity index is 544. The number of hydrogen-bond acceptors (Lipinski definition) is 2. The molecule has 2 aromatic carbocycles. The summed E-state index contributed by atoms with van der Waals surface area (Å²) in [4.78, 5) is 0. The third-order valence-corrected chi connectivity index (χ3v) is 3.37. The molecule has 0 fully saturated rings. The van der Waals surface area contributed by atoms with Gasteiger partial charge in [-0.15, -0.1) is 0 Å². The Balaban J connectivity index is 2.12. The molecule has 2 nitrogen and oxygen atoms in total. The minimum Gasteiger partial charge on any atom is -0.457 e. The second kappa shape index (κ2) is 5.89. The van der Waals surface area contributed by atoms with Gasteiger partial charge in [-0.1, -0.05) is 25.1 Å². The van der Waals surface area contributed by atoms with Crippen molar-refractivity contribution in [2.24, 2.45) is 0 Å². The molecule has 1 atom stereocenters. The third kappa shape index (κ3) is 3.36. The van der Waals surface area contributed by atoms with Crippen molar-refractivity contribution in [3.05, 3.63) is 59.2 Å². The fourth-order valence-corrected chi connectivity index (χ4v) is 1.91. The quantitative estimate of drug-likeness (QED) is 0.870. The summed E-state index contributed by atoms with van der Waals surface area (Å²) in [5.74, 6) is 1.63. The minimum atomic E-state index is -0.393. The zero-order chi connectivity index (χ0) is 13.8. The average molecular weight is 256 g/mol. The molecule has 2 heteroatoms.